The van der Waals surface area contributed by atoms with Crippen LogP contribution in [0.3, 0.4) is 0 Å². The summed E-state index contributed by atoms with van der Waals surface area (Å²) in [7, 11) is 3.53. The molecule has 222 valence electrons. The number of pyridine rings is 1. The van der Waals surface area contributed by atoms with E-state index in [0.29, 0.717) is 47.2 Å². The zero-order valence-electron chi connectivity index (χ0n) is 24.4. The zero-order valence-corrected chi connectivity index (χ0v) is 24.4. The van der Waals surface area contributed by atoms with E-state index in [0.717, 1.165) is 46.8 Å². The minimum absolute atomic E-state index is 0.150. The molecule has 1 saturated heterocycles. The standard InChI is InChI=1S/C32H31N9O3/c1-39-23(15-20-5-3-4-6-25(20)39)18-28(42)37-24-8-7-21(16-26(24)43-2)30-29-31(33)35-19-36-32(29)41(38-30)22-9-10-34-27(17-22)40-11-13-44-14-12-40/h3-10,15-17,19H,11-14,18H2,1-2H3,(H,37,42)(H2,33,35,36). The second kappa shape index (κ2) is 11.3. The number of anilines is 3. The van der Waals surface area contributed by atoms with Crippen molar-refractivity contribution >= 4 is 45.2 Å². The highest BCUT2D eigenvalue weighted by Gasteiger charge is 2.21. The van der Waals surface area contributed by atoms with Gasteiger partial charge in [0.1, 0.15) is 29.4 Å². The number of nitrogens with two attached hydrogens (primary N) is 1. The summed E-state index contributed by atoms with van der Waals surface area (Å²) in [5, 5.41) is 9.66. The highest BCUT2D eigenvalue weighted by molar-refractivity contribution is 6.00. The van der Waals surface area contributed by atoms with E-state index in [1.54, 1.807) is 24.1 Å². The molecule has 0 bridgehead atoms. The highest BCUT2D eigenvalue weighted by atomic mass is 16.5. The molecular formula is C32H31N9O3. The number of hydrogen-bond donors (Lipinski definition) is 2. The smallest absolute Gasteiger partial charge is 0.230 e. The molecule has 7 rings (SSSR count). The lowest BCUT2D eigenvalue weighted by molar-refractivity contribution is -0.115. The third kappa shape index (κ3) is 4.94. The van der Waals surface area contributed by atoms with E-state index in [1.165, 1.54) is 6.33 Å². The Bertz CT molecular complexity index is 2010. The Morgan fingerprint density at radius 1 is 1.05 bits per heavy atom. The van der Waals surface area contributed by atoms with E-state index in [2.05, 4.69) is 25.2 Å². The van der Waals surface area contributed by atoms with Crippen LogP contribution in [0.5, 0.6) is 5.75 Å². The molecule has 0 atom stereocenters. The lowest BCUT2D eigenvalue weighted by atomic mass is 10.1. The predicted octanol–water partition coefficient (Wildman–Crippen LogP) is 3.98. The lowest BCUT2D eigenvalue weighted by Gasteiger charge is -2.27. The first-order chi connectivity index (χ1) is 21.5. The third-order valence-electron chi connectivity index (χ3n) is 7.94. The van der Waals surface area contributed by atoms with Crippen molar-refractivity contribution < 1.29 is 14.3 Å². The summed E-state index contributed by atoms with van der Waals surface area (Å²) in [5.41, 5.74) is 11.6. The summed E-state index contributed by atoms with van der Waals surface area (Å²) >= 11 is 0. The van der Waals surface area contributed by atoms with Gasteiger partial charge in [-0.1, -0.05) is 24.3 Å². The van der Waals surface area contributed by atoms with Crippen LogP contribution < -0.4 is 20.7 Å². The number of benzene rings is 2. The second-order valence-corrected chi connectivity index (χ2v) is 10.6. The van der Waals surface area contributed by atoms with Crippen LogP contribution in [-0.4, -0.2) is 68.6 Å². The van der Waals surface area contributed by atoms with Crippen LogP contribution >= 0.6 is 0 Å². The highest BCUT2D eigenvalue weighted by Crippen LogP contribution is 2.36. The van der Waals surface area contributed by atoms with Crippen LogP contribution in [0, 0.1) is 0 Å². The molecule has 12 nitrogen and oxygen atoms in total. The Morgan fingerprint density at radius 2 is 1.89 bits per heavy atom. The van der Waals surface area contributed by atoms with E-state index in [9.17, 15) is 4.79 Å². The quantitative estimate of drug-likeness (QED) is 0.283. The molecular weight excluding hydrogens is 558 g/mol. The van der Waals surface area contributed by atoms with E-state index >= 15 is 0 Å². The molecule has 12 heteroatoms. The van der Waals surface area contributed by atoms with Crippen LogP contribution in [0.1, 0.15) is 5.69 Å². The van der Waals surface area contributed by atoms with Crippen LogP contribution in [0.25, 0.3) is 38.9 Å². The number of amides is 1. The lowest BCUT2D eigenvalue weighted by Crippen LogP contribution is -2.36. The number of aromatic nitrogens is 6. The van der Waals surface area contributed by atoms with Gasteiger partial charge in [-0.3, -0.25) is 4.79 Å². The van der Waals surface area contributed by atoms with E-state index in [-0.39, 0.29) is 12.3 Å². The van der Waals surface area contributed by atoms with Gasteiger partial charge in [-0.25, -0.2) is 19.6 Å². The van der Waals surface area contributed by atoms with Crippen molar-refractivity contribution in [2.45, 2.75) is 6.42 Å². The molecule has 0 saturated carbocycles. The van der Waals surface area contributed by atoms with Gasteiger partial charge in [-0.15, -0.1) is 0 Å². The van der Waals surface area contributed by atoms with Crippen molar-refractivity contribution in [1.29, 1.82) is 0 Å². The number of rotatable bonds is 7. The largest absolute Gasteiger partial charge is 0.495 e. The Kier molecular flexibility index (Phi) is 7.03. The average Bonchev–Trinajstić information content (AvgIpc) is 3.60. The fraction of sp³-hybridized carbons (Fsp3) is 0.219. The Labute approximate surface area is 253 Å². The number of carbonyl (C=O) groups excluding carboxylic acids is 1. The van der Waals surface area contributed by atoms with Crippen LogP contribution in [0.4, 0.5) is 17.3 Å². The van der Waals surface area contributed by atoms with Gasteiger partial charge in [-0.2, -0.15) is 5.10 Å². The number of nitrogens with zero attached hydrogens (tertiary/aromatic N) is 7. The first kappa shape index (κ1) is 27.3. The van der Waals surface area contributed by atoms with Gasteiger partial charge < -0.3 is 30.0 Å². The van der Waals surface area contributed by atoms with Crippen molar-refractivity contribution in [3.63, 3.8) is 0 Å². The molecule has 2 aromatic carbocycles. The molecule has 1 fully saturated rings. The maximum atomic E-state index is 13.1. The monoisotopic (exact) mass is 589 g/mol. The van der Waals surface area contributed by atoms with Gasteiger partial charge in [0.05, 0.1) is 43.5 Å². The Morgan fingerprint density at radius 3 is 2.70 bits per heavy atom. The maximum Gasteiger partial charge on any atom is 0.230 e. The molecule has 0 radical (unpaired) electrons. The molecule has 1 aliphatic heterocycles. The van der Waals surface area contributed by atoms with Crippen molar-refractivity contribution in [3.05, 3.63) is 78.9 Å². The van der Waals surface area contributed by atoms with Crippen molar-refractivity contribution in [3.8, 4) is 22.7 Å². The molecule has 4 aromatic heterocycles. The molecule has 3 N–H and O–H groups in total. The molecule has 44 heavy (non-hydrogen) atoms. The molecule has 0 unspecified atom stereocenters. The van der Waals surface area contributed by atoms with Crippen LogP contribution in [0.15, 0.2) is 73.2 Å². The fourth-order valence-corrected chi connectivity index (χ4v) is 5.68. The van der Waals surface area contributed by atoms with Crippen molar-refractivity contribution in [2.75, 3.05) is 49.4 Å². The molecule has 0 spiro atoms. The number of morpholine rings is 1. The predicted molar refractivity (Wildman–Crippen MR) is 169 cm³/mol. The maximum absolute atomic E-state index is 13.1. The topological polar surface area (TPSA) is 138 Å². The molecule has 1 aliphatic rings. The minimum Gasteiger partial charge on any atom is -0.495 e. The van der Waals surface area contributed by atoms with Crippen molar-refractivity contribution in [1.82, 2.24) is 29.3 Å². The number of aryl methyl sites for hydroxylation is 1. The Hall–Kier alpha value is -5.49. The summed E-state index contributed by atoms with van der Waals surface area (Å²) in [6.45, 7) is 2.85. The van der Waals surface area contributed by atoms with Gasteiger partial charge in [0.15, 0.2) is 5.65 Å². The number of hydrogen-bond acceptors (Lipinski definition) is 9. The summed E-state index contributed by atoms with van der Waals surface area (Å²) < 4.78 is 15.0. The van der Waals surface area contributed by atoms with Gasteiger partial charge in [-0.05, 0) is 35.7 Å². The fourth-order valence-electron chi connectivity index (χ4n) is 5.68. The molecule has 5 heterocycles. The summed E-state index contributed by atoms with van der Waals surface area (Å²) in [5.74, 6) is 1.49. The van der Waals surface area contributed by atoms with Gasteiger partial charge in [0, 0.05) is 49.2 Å². The summed E-state index contributed by atoms with van der Waals surface area (Å²) in [6.07, 6.45) is 3.41. The minimum atomic E-state index is -0.150. The molecule has 0 aliphatic carbocycles. The second-order valence-electron chi connectivity index (χ2n) is 10.6. The first-order valence-corrected chi connectivity index (χ1v) is 14.3. The SMILES string of the molecule is COc1cc(-c2nn(-c3ccnc(N4CCOCC4)c3)c3ncnc(N)c23)ccc1NC(=O)Cc1cc2ccccc2n1C. The first-order valence-electron chi connectivity index (χ1n) is 14.3. The van der Waals surface area contributed by atoms with Gasteiger partial charge in [0.25, 0.3) is 0 Å². The van der Waals surface area contributed by atoms with Crippen molar-refractivity contribution in [2.24, 2.45) is 7.05 Å². The number of para-hydroxylation sites is 1. The van der Waals surface area contributed by atoms with Crippen LogP contribution in [0.2, 0.25) is 0 Å². The zero-order chi connectivity index (χ0) is 30.2. The Balaban J connectivity index is 1.21. The number of nitrogen functional groups attached to an aromatic ring is 1. The summed E-state index contributed by atoms with van der Waals surface area (Å²) in [4.78, 5) is 28.6. The number of fused-ring (bicyclic) bond motifs is 2. The number of ether oxygens (including phenoxy) is 2. The normalized spacial score (nSPS) is 13.5. The molecule has 6 aromatic rings. The third-order valence-corrected chi connectivity index (χ3v) is 7.94. The average molecular weight is 590 g/mol. The van der Waals surface area contributed by atoms with E-state index in [4.69, 9.17) is 20.3 Å². The van der Waals surface area contributed by atoms with Gasteiger partial charge >= 0.3 is 0 Å². The summed E-state index contributed by atoms with van der Waals surface area (Å²) in [6, 6.07) is 19.5. The van der Waals surface area contributed by atoms with Gasteiger partial charge in [0.2, 0.25) is 5.91 Å². The van der Waals surface area contributed by atoms with Crippen LogP contribution in [-0.2, 0) is 23.0 Å². The number of methoxy groups -OCH3 is 1. The van der Waals surface area contributed by atoms with E-state index in [1.807, 2.05) is 66.2 Å². The molecule has 1 amide bonds. The van der Waals surface area contributed by atoms with E-state index < -0.39 is 0 Å². The number of carbonyl (C=O) groups is 1. The number of nitrogens with one attached hydrogen (secondary N) is 1.